The number of hydrogen-bond acceptors (Lipinski definition) is 1. The van der Waals surface area contributed by atoms with E-state index in [4.69, 9.17) is 0 Å². The SMILES string of the molecule is Cc1cccc(C(CC(=O)NCCC(C)C)c2c[nH]c3ccccc23)c1. The Kier molecular flexibility index (Phi) is 5.77. The molecule has 0 fully saturated rings. The Hall–Kier alpha value is -2.55. The van der Waals surface area contributed by atoms with Gasteiger partial charge < -0.3 is 10.3 Å². The number of nitrogens with one attached hydrogen (secondary N) is 2. The van der Waals surface area contributed by atoms with Crippen molar-refractivity contribution in [3.8, 4) is 0 Å². The molecule has 1 amide bonds. The number of aromatic nitrogens is 1. The van der Waals surface area contributed by atoms with E-state index in [1.165, 1.54) is 22.1 Å². The van der Waals surface area contributed by atoms with Crippen LogP contribution in [0.4, 0.5) is 0 Å². The summed E-state index contributed by atoms with van der Waals surface area (Å²) >= 11 is 0. The molecule has 1 atom stereocenters. The minimum Gasteiger partial charge on any atom is -0.361 e. The highest BCUT2D eigenvalue weighted by molar-refractivity contribution is 5.86. The quantitative estimate of drug-likeness (QED) is 0.608. The fourth-order valence-electron chi connectivity index (χ4n) is 3.43. The summed E-state index contributed by atoms with van der Waals surface area (Å²) in [6.45, 7) is 7.19. The molecule has 3 aromatic rings. The van der Waals surface area contributed by atoms with Gasteiger partial charge in [-0.1, -0.05) is 61.9 Å². The van der Waals surface area contributed by atoms with Gasteiger partial charge in [0.1, 0.15) is 0 Å². The summed E-state index contributed by atoms with van der Waals surface area (Å²) in [6, 6.07) is 16.8. The molecule has 3 nitrogen and oxygen atoms in total. The van der Waals surface area contributed by atoms with Gasteiger partial charge in [0.2, 0.25) is 5.91 Å². The van der Waals surface area contributed by atoms with E-state index < -0.39 is 0 Å². The van der Waals surface area contributed by atoms with Crippen LogP contribution in [0.5, 0.6) is 0 Å². The Balaban J connectivity index is 1.89. The molecule has 0 saturated carbocycles. The molecule has 2 aromatic carbocycles. The molecule has 0 radical (unpaired) electrons. The Labute approximate surface area is 155 Å². The van der Waals surface area contributed by atoms with Crippen LogP contribution in [-0.4, -0.2) is 17.4 Å². The highest BCUT2D eigenvalue weighted by atomic mass is 16.1. The zero-order valence-electron chi connectivity index (χ0n) is 15.9. The molecule has 0 saturated heterocycles. The van der Waals surface area contributed by atoms with Crippen molar-refractivity contribution in [1.29, 1.82) is 0 Å². The second kappa shape index (κ2) is 8.22. The Bertz CT molecular complexity index is 879. The first-order chi connectivity index (χ1) is 12.5. The van der Waals surface area contributed by atoms with E-state index in [9.17, 15) is 4.79 Å². The third kappa shape index (κ3) is 4.34. The Morgan fingerprint density at radius 2 is 1.92 bits per heavy atom. The third-order valence-corrected chi connectivity index (χ3v) is 4.87. The second-order valence-electron chi connectivity index (χ2n) is 7.49. The van der Waals surface area contributed by atoms with Gasteiger partial charge in [-0.15, -0.1) is 0 Å². The molecule has 3 heteroatoms. The van der Waals surface area contributed by atoms with Crippen LogP contribution >= 0.6 is 0 Å². The van der Waals surface area contributed by atoms with Crippen LogP contribution in [0.2, 0.25) is 0 Å². The molecular formula is C23H28N2O. The monoisotopic (exact) mass is 348 g/mol. The molecule has 0 aliphatic rings. The van der Waals surface area contributed by atoms with Crippen molar-refractivity contribution in [2.45, 2.75) is 39.5 Å². The molecule has 26 heavy (non-hydrogen) atoms. The number of aryl methyl sites for hydroxylation is 1. The van der Waals surface area contributed by atoms with E-state index in [0.717, 1.165) is 18.5 Å². The topological polar surface area (TPSA) is 44.9 Å². The lowest BCUT2D eigenvalue weighted by Crippen LogP contribution is -2.27. The van der Waals surface area contributed by atoms with Gasteiger partial charge in [-0.05, 0) is 36.5 Å². The zero-order chi connectivity index (χ0) is 18.5. The number of hydrogen-bond donors (Lipinski definition) is 2. The molecule has 0 spiro atoms. The lowest BCUT2D eigenvalue weighted by molar-refractivity contribution is -0.121. The summed E-state index contributed by atoms with van der Waals surface area (Å²) in [5, 5.41) is 4.28. The second-order valence-corrected chi connectivity index (χ2v) is 7.49. The fourth-order valence-corrected chi connectivity index (χ4v) is 3.43. The molecule has 1 unspecified atom stereocenters. The number of carbonyl (C=O) groups excluding carboxylic acids is 1. The predicted octanol–water partition coefficient (Wildman–Crippen LogP) is 5.16. The first kappa shape index (κ1) is 18.2. The molecule has 0 bridgehead atoms. The maximum Gasteiger partial charge on any atom is 0.220 e. The highest BCUT2D eigenvalue weighted by Crippen LogP contribution is 2.33. The van der Waals surface area contributed by atoms with Gasteiger partial charge in [0.15, 0.2) is 0 Å². The molecule has 3 rings (SSSR count). The first-order valence-corrected chi connectivity index (χ1v) is 9.44. The lowest BCUT2D eigenvalue weighted by atomic mass is 9.87. The number of fused-ring (bicyclic) bond motifs is 1. The van der Waals surface area contributed by atoms with E-state index in [2.05, 4.69) is 79.7 Å². The number of aromatic amines is 1. The van der Waals surface area contributed by atoms with Crippen LogP contribution in [0.25, 0.3) is 10.9 Å². The predicted molar refractivity (Wildman–Crippen MR) is 108 cm³/mol. The van der Waals surface area contributed by atoms with Crippen molar-refractivity contribution in [1.82, 2.24) is 10.3 Å². The Morgan fingerprint density at radius 3 is 2.69 bits per heavy atom. The van der Waals surface area contributed by atoms with Gasteiger partial charge in [-0.3, -0.25) is 4.79 Å². The largest absolute Gasteiger partial charge is 0.361 e. The van der Waals surface area contributed by atoms with Crippen molar-refractivity contribution < 1.29 is 4.79 Å². The fraction of sp³-hybridized carbons (Fsp3) is 0.348. The summed E-state index contributed by atoms with van der Waals surface area (Å²) in [4.78, 5) is 16.0. The van der Waals surface area contributed by atoms with E-state index in [1.54, 1.807) is 0 Å². The maximum atomic E-state index is 12.6. The average molecular weight is 348 g/mol. The normalized spacial score (nSPS) is 12.5. The number of amides is 1. The smallest absolute Gasteiger partial charge is 0.220 e. The van der Waals surface area contributed by atoms with Gasteiger partial charge in [-0.25, -0.2) is 0 Å². The van der Waals surface area contributed by atoms with Gasteiger partial charge in [-0.2, -0.15) is 0 Å². The van der Waals surface area contributed by atoms with E-state index in [0.29, 0.717) is 12.3 Å². The summed E-state index contributed by atoms with van der Waals surface area (Å²) in [6.07, 6.45) is 3.52. The molecular weight excluding hydrogens is 320 g/mol. The van der Waals surface area contributed by atoms with Gasteiger partial charge in [0, 0.05) is 36.0 Å². The van der Waals surface area contributed by atoms with Crippen molar-refractivity contribution in [2.24, 2.45) is 5.92 Å². The van der Waals surface area contributed by atoms with Crippen LogP contribution < -0.4 is 5.32 Å². The van der Waals surface area contributed by atoms with E-state index in [-0.39, 0.29) is 11.8 Å². The number of H-pyrrole nitrogens is 1. The maximum absolute atomic E-state index is 12.6. The number of rotatable bonds is 7. The highest BCUT2D eigenvalue weighted by Gasteiger charge is 2.21. The van der Waals surface area contributed by atoms with Crippen molar-refractivity contribution in [2.75, 3.05) is 6.54 Å². The standard InChI is InChI=1S/C23H28N2O/c1-16(2)11-12-24-23(26)14-20(18-8-6-7-17(3)13-18)21-15-25-22-10-5-4-9-19(21)22/h4-10,13,15-16,20,25H,11-12,14H2,1-3H3,(H,24,26). The minimum absolute atomic E-state index is 0.0464. The van der Waals surface area contributed by atoms with Crippen LogP contribution in [0, 0.1) is 12.8 Å². The number of carbonyl (C=O) groups is 1. The van der Waals surface area contributed by atoms with Crippen molar-refractivity contribution in [3.63, 3.8) is 0 Å². The molecule has 1 heterocycles. The van der Waals surface area contributed by atoms with E-state index in [1.807, 2.05) is 6.07 Å². The average Bonchev–Trinajstić information content (AvgIpc) is 3.03. The Morgan fingerprint density at radius 1 is 1.12 bits per heavy atom. The zero-order valence-corrected chi connectivity index (χ0v) is 15.9. The lowest BCUT2D eigenvalue weighted by Gasteiger charge is -2.18. The summed E-state index contributed by atoms with van der Waals surface area (Å²) in [5.74, 6) is 0.754. The van der Waals surface area contributed by atoms with Crippen molar-refractivity contribution >= 4 is 16.8 Å². The number of benzene rings is 2. The summed E-state index contributed by atoms with van der Waals surface area (Å²) < 4.78 is 0. The van der Waals surface area contributed by atoms with Crippen LogP contribution in [0.1, 0.15) is 49.3 Å². The molecule has 0 aliphatic heterocycles. The molecule has 2 N–H and O–H groups in total. The summed E-state index contributed by atoms with van der Waals surface area (Å²) in [7, 11) is 0. The van der Waals surface area contributed by atoms with E-state index >= 15 is 0 Å². The van der Waals surface area contributed by atoms with Crippen LogP contribution in [0.3, 0.4) is 0 Å². The summed E-state index contributed by atoms with van der Waals surface area (Å²) in [5.41, 5.74) is 4.70. The third-order valence-electron chi connectivity index (χ3n) is 4.87. The molecule has 136 valence electrons. The van der Waals surface area contributed by atoms with Gasteiger partial charge in [0.05, 0.1) is 0 Å². The van der Waals surface area contributed by atoms with Crippen molar-refractivity contribution in [3.05, 3.63) is 71.4 Å². The number of para-hydroxylation sites is 1. The van der Waals surface area contributed by atoms with Crippen LogP contribution in [0.15, 0.2) is 54.7 Å². The minimum atomic E-state index is 0.0464. The molecule has 1 aromatic heterocycles. The molecule has 0 aliphatic carbocycles. The van der Waals surface area contributed by atoms with Gasteiger partial charge >= 0.3 is 0 Å². The van der Waals surface area contributed by atoms with Gasteiger partial charge in [0.25, 0.3) is 0 Å². The first-order valence-electron chi connectivity index (χ1n) is 9.44. The van der Waals surface area contributed by atoms with Crippen LogP contribution in [-0.2, 0) is 4.79 Å².